The lowest BCUT2D eigenvalue weighted by atomic mass is 10.2. The number of nitriles is 1. The zero-order valence-corrected chi connectivity index (χ0v) is 14.4. The number of rotatable bonds is 4. The van der Waals surface area contributed by atoms with Gasteiger partial charge >= 0.3 is 0 Å². The largest absolute Gasteiger partial charge is 0.508 e. The van der Waals surface area contributed by atoms with E-state index in [1.54, 1.807) is 12.1 Å². The van der Waals surface area contributed by atoms with E-state index in [0.717, 1.165) is 25.2 Å². The van der Waals surface area contributed by atoms with Crippen LogP contribution in [0.5, 0.6) is 5.75 Å². The highest BCUT2D eigenvalue weighted by atomic mass is 32.1. The summed E-state index contributed by atoms with van der Waals surface area (Å²) in [6, 6.07) is 7.91. The number of likely N-dealkylation sites (N-methyl/N-ethyl adjacent to an activating group) is 1. The van der Waals surface area contributed by atoms with Crippen molar-refractivity contribution in [2.45, 2.75) is 13.0 Å². The summed E-state index contributed by atoms with van der Waals surface area (Å²) < 4.78 is 0. The van der Waals surface area contributed by atoms with Crippen LogP contribution in [0.3, 0.4) is 0 Å². The first-order valence-corrected chi connectivity index (χ1v) is 8.51. The number of nitrogens with one attached hydrogen (secondary N) is 2. The molecule has 0 atom stereocenters. The molecule has 0 saturated heterocycles. The van der Waals surface area contributed by atoms with Crippen molar-refractivity contribution in [1.29, 1.82) is 5.26 Å². The molecule has 128 valence electrons. The van der Waals surface area contributed by atoms with Crippen LogP contribution in [-0.4, -0.2) is 34.5 Å². The predicted octanol–water partition coefficient (Wildman–Crippen LogP) is 2.29. The molecule has 0 unspecified atom stereocenters. The fraction of sp³-hybridized carbons (Fsp3) is 0.235. The van der Waals surface area contributed by atoms with Crippen LogP contribution < -0.4 is 10.6 Å². The molecule has 2 heterocycles. The standard InChI is InChI=1S/C17H17N5O2S/c1-22-7-6-14-15(10-22)25-17(21-14)19-9-11(8-18)16(24)20-12-2-4-13(23)5-3-12/h2-5,9,23H,6-7,10H2,1H3,(H,19,21)(H,20,24)/b11-9-. The van der Waals surface area contributed by atoms with Crippen LogP contribution >= 0.6 is 11.3 Å². The minimum atomic E-state index is -0.526. The Bertz CT molecular complexity index is 851. The molecule has 1 aliphatic rings. The zero-order chi connectivity index (χ0) is 17.8. The molecular formula is C17H17N5O2S. The van der Waals surface area contributed by atoms with Crippen molar-refractivity contribution in [2.24, 2.45) is 0 Å². The van der Waals surface area contributed by atoms with Crippen molar-refractivity contribution in [3.05, 3.63) is 46.6 Å². The van der Waals surface area contributed by atoms with Gasteiger partial charge in [-0.15, -0.1) is 11.3 Å². The summed E-state index contributed by atoms with van der Waals surface area (Å²) >= 11 is 1.53. The fourth-order valence-corrected chi connectivity index (χ4v) is 3.47. The van der Waals surface area contributed by atoms with Crippen LogP contribution in [0.4, 0.5) is 10.8 Å². The number of hydrogen-bond donors (Lipinski definition) is 3. The SMILES string of the molecule is CN1CCc2nc(N/C=C(/C#N)C(=O)Nc3ccc(O)cc3)sc2C1. The number of aromatic nitrogens is 1. The molecule has 1 aromatic carbocycles. The maximum absolute atomic E-state index is 12.2. The second-order valence-electron chi connectivity index (χ2n) is 5.69. The first kappa shape index (κ1) is 17.0. The van der Waals surface area contributed by atoms with E-state index in [1.165, 1.54) is 34.5 Å². The van der Waals surface area contributed by atoms with E-state index in [2.05, 4.69) is 27.6 Å². The van der Waals surface area contributed by atoms with E-state index in [-0.39, 0.29) is 11.3 Å². The molecule has 1 aliphatic heterocycles. The average molecular weight is 355 g/mol. The van der Waals surface area contributed by atoms with Crippen molar-refractivity contribution >= 4 is 28.1 Å². The van der Waals surface area contributed by atoms with Gasteiger partial charge in [-0.25, -0.2) is 4.98 Å². The van der Waals surface area contributed by atoms with Crippen LogP contribution in [0.25, 0.3) is 0 Å². The number of phenols is 1. The number of phenolic OH excluding ortho intramolecular Hbond substituents is 1. The summed E-state index contributed by atoms with van der Waals surface area (Å²) in [5.41, 5.74) is 1.51. The van der Waals surface area contributed by atoms with Crippen molar-refractivity contribution in [3.63, 3.8) is 0 Å². The molecule has 0 bridgehead atoms. The van der Waals surface area contributed by atoms with Gasteiger partial charge in [0.05, 0.1) is 5.69 Å². The number of carbonyl (C=O) groups excluding carboxylic acids is 1. The monoisotopic (exact) mass is 355 g/mol. The number of amides is 1. The summed E-state index contributed by atoms with van der Waals surface area (Å²) in [4.78, 5) is 20.1. The minimum absolute atomic E-state index is 0.0571. The number of hydrogen-bond acceptors (Lipinski definition) is 7. The lowest BCUT2D eigenvalue weighted by Crippen LogP contribution is -2.25. The Morgan fingerprint density at radius 3 is 2.92 bits per heavy atom. The molecule has 0 spiro atoms. The van der Waals surface area contributed by atoms with Gasteiger partial charge in [0.1, 0.15) is 17.4 Å². The molecule has 2 aromatic rings. The van der Waals surface area contributed by atoms with E-state index in [9.17, 15) is 15.2 Å². The van der Waals surface area contributed by atoms with Crippen molar-refractivity contribution in [3.8, 4) is 11.8 Å². The molecule has 3 rings (SSSR count). The van der Waals surface area contributed by atoms with E-state index in [4.69, 9.17) is 0 Å². The topological polar surface area (TPSA) is 101 Å². The molecule has 0 aliphatic carbocycles. The van der Waals surface area contributed by atoms with Crippen LogP contribution in [0.15, 0.2) is 36.0 Å². The van der Waals surface area contributed by atoms with Gasteiger partial charge in [-0.05, 0) is 31.3 Å². The third kappa shape index (κ3) is 4.15. The number of nitrogens with zero attached hydrogens (tertiary/aromatic N) is 3. The Balaban J connectivity index is 1.67. The molecule has 1 aromatic heterocycles. The molecule has 25 heavy (non-hydrogen) atoms. The van der Waals surface area contributed by atoms with Gasteiger partial charge < -0.3 is 20.6 Å². The molecule has 7 nitrogen and oxygen atoms in total. The molecule has 0 saturated carbocycles. The Morgan fingerprint density at radius 2 is 2.20 bits per heavy atom. The maximum atomic E-state index is 12.2. The maximum Gasteiger partial charge on any atom is 0.267 e. The van der Waals surface area contributed by atoms with Gasteiger partial charge in [0, 0.05) is 36.3 Å². The van der Waals surface area contributed by atoms with Gasteiger partial charge in [0.15, 0.2) is 5.13 Å². The minimum Gasteiger partial charge on any atom is -0.508 e. The second kappa shape index (κ2) is 7.34. The van der Waals surface area contributed by atoms with E-state index < -0.39 is 5.91 Å². The number of carbonyl (C=O) groups is 1. The normalized spacial score (nSPS) is 14.5. The van der Waals surface area contributed by atoms with Gasteiger partial charge in [0.25, 0.3) is 5.91 Å². The van der Waals surface area contributed by atoms with Crippen LogP contribution in [0.1, 0.15) is 10.6 Å². The average Bonchev–Trinajstić information content (AvgIpc) is 2.99. The van der Waals surface area contributed by atoms with E-state index in [0.29, 0.717) is 10.8 Å². The summed E-state index contributed by atoms with van der Waals surface area (Å²) in [6.07, 6.45) is 2.27. The summed E-state index contributed by atoms with van der Waals surface area (Å²) in [5.74, 6) is -0.421. The quantitative estimate of drug-likeness (QED) is 0.442. The summed E-state index contributed by atoms with van der Waals surface area (Å²) in [5, 5.41) is 24.7. The first-order chi connectivity index (χ1) is 12.0. The third-order valence-corrected chi connectivity index (χ3v) is 4.77. The molecular weight excluding hydrogens is 338 g/mol. The zero-order valence-electron chi connectivity index (χ0n) is 13.6. The Hall–Kier alpha value is -2.89. The third-order valence-electron chi connectivity index (χ3n) is 3.75. The Morgan fingerprint density at radius 1 is 1.44 bits per heavy atom. The van der Waals surface area contributed by atoms with Crippen LogP contribution in [-0.2, 0) is 17.8 Å². The Kier molecular flexibility index (Phi) is 4.97. The smallest absolute Gasteiger partial charge is 0.267 e. The molecule has 0 radical (unpaired) electrons. The lowest BCUT2D eigenvalue weighted by Gasteiger charge is -2.20. The predicted molar refractivity (Wildman–Crippen MR) is 96.2 cm³/mol. The molecule has 3 N–H and O–H groups in total. The van der Waals surface area contributed by atoms with Gasteiger partial charge in [-0.1, -0.05) is 0 Å². The fourth-order valence-electron chi connectivity index (χ4n) is 2.41. The van der Waals surface area contributed by atoms with E-state index in [1.807, 2.05) is 6.07 Å². The van der Waals surface area contributed by atoms with Crippen molar-refractivity contribution < 1.29 is 9.90 Å². The number of fused-ring (bicyclic) bond motifs is 1. The highest BCUT2D eigenvalue weighted by Crippen LogP contribution is 2.27. The summed E-state index contributed by atoms with van der Waals surface area (Å²) in [6.45, 7) is 1.84. The van der Waals surface area contributed by atoms with Crippen molar-refractivity contribution in [1.82, 2.24) is 9.88 Å². The van der Waals surface area contributed by atoms with Crippen molar-refractivity contribution in [2.75, 3.05) is 24.2 Å². The van der Waals surface area contributed by atoms with Gasteiger partial charge in [-0.3, -0.25) is 4.79 Å². The van der Waals surface area contributed by atoms with Gasteiger partial charge in [-0.2, -0.15) is 5.26 Å². The number of thiazole rings is 1. The van der Waals surface area contributed by atoms with Crippen LogP contribution in [0, 0.1) is 11.3 Å². The Labute approximate surface area is 149 Å². The lowest BCUT2D eigenvalue weighted by molar-refractivity contribution is -0.112. The highest BCUT2D eigenvalue weighted by Gasteiger charge is 2.18. The molecule has 8 heteroatoms. The number of anilines is 2. The molecule has 0 fully saturated rings. The highest BCUT2D eigenvalue weighted by molar-refractivity contribution is 7.15. The van der Waals surface area contributed by atoms with Crippen LogP contribution in [0.2, 0.25) is 0 Å². The first-order valence-electron chi connectivity index (χ1n) is 7.69. The van der Waals surface area contributed by atoms with Gasteiger partial charge in [0.2, 0.25) is 0 Å². The summed E-state index contributed by atoms with van der Waals surface area (Å²) in [7, 11) is 2.07. The van der Waals surface area contributed by atoms with E-state index >= 15 is 0 Å². The number of aromatic hydroxyl groups is 1. The molecule has 1 amide bonds. The second-order valence-corrected chi connectivity index (χ2v) is 6.78. The number of benzene rings is 1.